The number of carboxylic acids is 2. The predicted octanol–water partition coefficient (Wildman–Crippen LogP) is 9.92. The molecule has 0 fully saturated rings. The molecule has 4 N–H and O–H groups in total. The number of carbonyl (C=O) groups excluding carboxylic acids is 4. The minimum absolute atomic E-state index is 0. The summed E-state index contributed by atoms with van der Waals surface area (Å²) in [4.78, 5) is 50.0. The van der Waals surface area contributed by atoms with Crippen molar-refractivity contribution < 1.29 is 58.6 Å². The van der Waals surface area contributed by atoms with Gasteiger partial charge in [-0.15, -0.1) is 0 Å². The van der Waals surface area contributed by atoms with Gasteiger partial charge < -0.3 is 49.4 Å². The van der Waals surface area contributed by atoms with Gasteiger partial charge in [-0.1, -0.05) is 149 Å². The number of hydrogen-bond donors (Lipinski definition) is 4. The maximum absolute atomic E-state index is 14.2. The number of carbonyl (C=O) groups is 4. The molecule has 83 heavy (non-hydrogen) atoms. The first kappa shape index (κ1) is 65.3. The number of nitrogens with zero attached hydrogens (tertiary/aromatic N) is 2. The van der Waals surface area contributed by atoms with Crippen molar-refractivity contribution in [1.82, 2.24) is 9.13 Å². The van der Waals surface area contributed by atoms with Crippen molar-refractivity contribution in [2.75, 3.05) is 0 Å². The van der Waals surface area contributed by atoms with Gasteiger partial charge >= 0.3 is 37.7 Å². The molecule has 0 aliphatic rings. The van der Waals surface area contributed by atoms with E-state index in [9.17, 15) is 58.6 Å². The minimum atomic E-state index is -1.38. The molecular formula is C68H70CaF2N2O10. The van der Waals surface area contributed by atoms with Crippen molar-refractivity contribution >= 4 is 61.2 Å². The SMILES string of the molecule is CC(C)c1c(C(=O)Cc2ccccc2)c(-c2ccccc2)c(-c2ccc(F)cc2)n1CC[C@@H](O)C[C@@H](O)CC(=O)[O-].CC(C)c1c(C(=O)Cc2ccccc2)c(-c2ccccc2)c(-c2ccc(F)cc2)n1CC[C@@H](O)C[C@@H](O)CC(=O)[O-].[Ca+2]. The molecule has 0 aliphatic heterocycles. The Balaban J connectivity index is 0.000000263. The number of hydrogen-bond acceptors (Lipinski definition) is 10. The monoisotopic (exact) mass is 1150 g/mol. The molecule has 2 heterocycles. The van der Waals surface area contributed by atoms with Gasteiger partial charge in [0.15, 0.2) is 11.6 Å². The van der Waals surface area contributed by atoms with Crippen LogP contribution in [0.3, 0.4) is 0 Å². The Labute approximate surface area is 513 Å². The summed E-state index contributed by atoms with van der Waals surface area (Å²) in [5.41, 5.74) is 10.6. The van der Waals surface area contributed by atoms with Crippen LogP contribution in [0.25, 0.3) is 44.8 Å². The zero-order chi connectivity index (χ0) is 59.0. The van der Waals surface area contributed by atoms with E-state index in [2.05, 4.69) is 0 Å². The van der Waals surface area contributed by atoms with Crippen LogP contribution in [0.5, 0.6) is 0 Å². The van der Waals surface area contributed by atoms with Gasteiger partial charge in [0.2, 0.25) is 0 Å². The average molecular weight is 1150 g/mol. The normalized spacial score (nSPS) is 12.7. The second-order valence-corrected chi connectivity index (χ2v) is 21.3. The molecule has 8 aromatic rings. The number of rotatable bonds is 26. The molecule has 0 amide bonds. The average Bonchev–Trinajstić information content (AvgIpc) is 3.14. The van der Waals surface area contributed by atoms with E-state index in [0.29, 0.717) is 11.1 Å². The van der Waals surface area contributed by atoms with Crippen LogP contribution in [0.15, 0.2) is 170 Å². The van der Waals surface area contributed by atoms with E-state index in [0.717, 1.165) is 67.3 Å². The maximum atomic E-state index is 14.2. The van der Waals surface area contributed by atoms with Crippen LogP contribution in [0.4, 0.5) is 8.78 Å². The molecule has 0 unspecified atom stereocenters. The summed E-state index contributed by atoms with van der Waals surface area (Å²) < 4.78 is 32.1. The first-order chi connectivity index (χ1) is 39.3. The molecule has 2 aromatic heterocycles. The standard InChI is InChI=1S/2C34H36FNO5.Ca/c2*1-22(2)33-32(29(39)19-23-9-5-3-6-10-23)31(24-11-7-4-8-12-24)34(25-13-15-26(35)16-14-25)36(33)18-17-27(37)20-28(38)21-30(40)41;/h2*3-16,22,27-28,37-38H,17-21H2,1-2H3,(H,40,41);/q;;+2/p-2/t2*27-,28-;/m11./s1. The number of aromatic nitrogens is 2. The predicted molar refractivity (Wildman–Crippen MR) is 315 cm³/mol. The molecule has 0 aliphatic carbocycles. The van der Waals surface area contributed by atoms with E-state index in [1.807, 2.05) is 158 Å². The van der Waals surface area contributed by atoms with Gasteiger partial charge in [-0.25, -0.2) is 8.78 Å². The fourth-order valence-corrected chi connectivity index (χ4v) is 10.8. The Morgan fingerprint density at radius 2 is 0.735 bits per heavy atom. The molecule has 15 heteroatoms. The van der Waals surface area contributed by atoms with Gasteiger partial charge in [-0.2, -0.15) is 0 Å². The van der Waals surface area contributed by atoms with E-state index < -0.39 is 49.2 Å². The van der Waals surface area contributed by atoms with Crippen molar-refractivity contribution in [3.63, 3.8) is 0 Å². The smallest absolute Gasteiger partial charge is 0.550 e. The Hall–Kier alpha value is -6.88. The number of aliphatic carboxylic acids is 2. The Morgan fingerprint density at radius 1 is 0.434 bits per heavy atom. The molecule has 12 nitrogen and oxygen atoms in total. The summed E-state index contributed by atoms with van der Waals surface area (Å²) in [7, 11) is 0. The Morgan fingerprint density at radius 3 is 1.02 bits per heavy atom. The zero-order valence-corrected chi connectivity index (χ0v) is 49.5. The summed E-state index contributed by atoms with van der Waals surface area (Å²) in [5, 5.41) is 63.2. The molecule has 0 saturated heterocycles. The first-order valence-electron chi connectivity index (χ1n) is 27.7. The fourth-order valence-electron chi connectivity index (χ4n) is 10.8. The van der Waals surface area contributed by atoms with Crippen LogP contribution in [-0.4, -0.2) is 115 Å². The van der Waals surface area contributed by atoms with Gasteiger partial charge in [0.05, 0.1) is 35.8 Å². The second-order valence-electron chi connectivity index (χ2n) is 21.3. The largest absolute Gasteiger partial charge is 2.00 e. The number of Topliss-reactive ketones (excluding diaryl/α,β-unsaturated/α-hetero) is 2. The number of carboxylic acid groups (broad SMARTS) is 2. The molecule has 428 valence electrons. The topological polar surface area (TPSA) is 205 Å². The van der Waals surface area contributed by atoms with Crippen molar-refractivity contribution in [3.8, 4) is 44.8 Å². The molecule has 0 saturated carbocycles. The van der Waals surface area contributed by atoms with Crippen molar-refractivity contribution in [1.29, 1.82) is 0 Å². The van der Waals surface area contributed by atoms with Crippen molar-refractivity contribution in [2.45, 2.75) is 128 Å². The van der Waals surface area contributed by atoms with Crippen LogP contribution >= 0.6 is 0 Å². The van der Waals surface area contributed by atoms with E-state index in [1.54, 1.807) is 24.3 Å². The van der Waals surface area contributed by atoms with Crippen LogP contribution < -0.4 is 10.2 Å². The third-order valence-corrected chi connectivity index (χ3v) is 14.3. The van der Waals surface area contributed by atoms with Gasteiger partial charge in [0.25, 0.3) is 0 Å². The summed E-state index contributed by atoms with van der Waals surface area (Å²) in [5.74, 6) is -3.79. The maximum Gasteiger partial charge on any atom is 2.00 e. The first-order valence-corrected chi connectivity index (χ1v) is 27.7. The molecule has 0 spiro atoms. The summed E-state index contributed by atoms with van der Waals surface area (Å²) in [6.45, 7) is 8.61. The van der Waals surface area contributed by atoms with Gasteiger partial charge in [0.1, 0.15) is 11.6 Å². The molecule has 4 atom stereocenters. The molecule has 0 bridgehead atoms. The van der Waals surface area contributed by atoms with Crippen LogP contribution in [0.1, 0.15) is 121 Å². The number of aliphatic hydroxyl groups excluding tert-OH is 4. The van der Waals surface area contributed by atoms with Crippen LogP contribution in [0, 0.1) is 11.6 Å². The number of halogens is 2. The van der Waals surface area contributed by atoms with Crippen molar-refractivity contribution in [2.24, 2.45) is 0 Å². The summed E-state index contributed by atoms with van der Waals surface area (Å²) in [6.07, 6.45) is -5.01. The fraction of sp³-hybridized carbons (Fsp3) is 0.294. The number of aliphatic hydroxyl groups is 4. The second kappa shape index (κ2) is 31.1. The molecule has 8 rings (SSSR count). The van der Waals surface area contributed by atoms with Crippen LogP contribution in [0.2, 0.25) is 0 Å². The van der Waals surface area contributed by atoms with Crippen LogP contribution in [-0.2, 0) is 35.5 Å². The zero-order valence-electron chi connectivity index (χ0n) is 47.3. The third kappa shape index (κ3) is 17.6. The molecule has 6 aromatic carbocycles. The number of benzene rings is 6. The van der Waals surface area contributed by atoms with Crippen molar-refractivity contribution in [3.05, 3.63) is 215 Å². The minimum Gasteiger partial charge on any atom is -0.550 e. The molecule has 0 radical (unpaired) electrons. The summed E-state index contributed by atoms with van der Waals surface area (Å²) >= 11 is 0. The molecular weight excluding hydrogens is 1080 g/mol. The van der Waals surface area contributed by atoms with E-state index in [-0.39, 0.29) is 124 Å². The number of ketones is 2. The summed E-state index contributed by atoms with van der Waals surface area (Å²) in [6, 6.07) is 50.6. The third-order valence-electron chi connectivity index (χ3n) is 14.3. The van der Waals surface area contributed by atoms with E-state index in [4.69, 9.17) is 0 Å². The Bertz CT molecular complexity index is 3160. The van der Waals surface area contributed by atoms with E-state index in [1.165, 1.54) is 24.3 Å². The quantitative estimate of drug-likeness (QED) is 0.0298. The van der Waals surface area contributed by atoms with Gasteiger partial charge in [-0.3, -0.25) is 9.59 Å². The Kier molecular flexibility index (Phi) is 24.5. The van der Waals surface area contributed by atoms with Gasteiger partial charge in [0, 0.05) is 84.4 Å². The van der Waals surface area contributed by atoms with Gasteiger partial charge in [-0.05, 0) is 119 Å². The van der Waals surface area contributed by atoms with E-state index >= 15 is 0 Å².